The molecule has 0 aromatic heterocycles. The van der Waals surface area contributed by atoms with Crippen molar-refractivity contribution in [2.45, 2.75) is 51.4 Å². The fourth-order valence-corrected chi connectivity index (χ4v) is 1.86. The number of nitrogens with two attached hydrogens (primary N) is 1. The fourth-order valence-electron chi connectivity index (χ4n) is 1.86. The predicted octanol–water partition coefficient (Wildman–Crippen LogP) is -3.00. The number of aliphatic carboxylic acids is 2. The predicted molar refractivity (Wildman–Crippen MR) is 91.3 cm³/mol. The molecule has 154 valence electrons. The Morgan fingerprint density at radius 1 is 0.963 bits per heavy atom. The van der Waals surface area contributed by atoms with Crippen molar-refractivity contribution in [1.82, 2.24) is 16.0 Å². The summed E-state index contributed by atoms with van der Waals surface area (Å²) in [6.45, 7) is 3.81. The summed E-state index contributed by atoms with van der Waals surface area (Å²) < 4.78 is 0. The molecular formula is C15H26N4O8. The van der Waals surface area contributed by atoms with Gasteiger partial charge in [0.2, 0.25) is 17.7 Å². The molecule has 0 aromatic carbocycles. The molecule has 3 amide bonds. The highest BCUT2D eigenvalue weighted by Gasteiger charge is 2.28. The summed E-state index contributed by atoms with van der Waals surface area (Å²) in [4.78, 5) is 57.5. The van der Waals surface area contributed by atoms with E-state index >= 15 is 0 Å². The Balaban J connectivity index is 4.86. The van der Waals surface area contributed by atoms with Gasteiger partial charge >= 0.3 is 11.9 Å². The van der Waals surface area contributed by atoms with Gasteiger partial charge in [0.15, 0.2) is 6.04 Å². The molecule has 8 N–H and O–H groups in total. The molecule has 4 atom stereocenters. The molecule has 4 unspecified atom stereocenters. The molecule has 27 heavy (non-hydrogen) atoms. The summed E-state index contributed by atoms with van der Waals surface area (Å²) >= 11 is 0. The number of amides is 3. The van der Waals surface area contributed by atoms with Crippen LogP contribution >= 0.6 is 0 Å². The van der Waals surface area contributed by atoms with Crippen molar-refractivity contribution in [2.75, 3.05) is 6.54 Å². The highest BCUT2D eigenvalue weighted by atomic mass is 16.4. The van der Waals surface area contributed by atoms with E-state index < -0.39 is 66.9 Å². The number of aliphatic hydroxyl groups is 1. The highest BCUT2D eigenvalue weighted by Crippen LogP contribution is 2.01. The normalized spacial score (nSPS) is 15.2. The number of carbonyl (C=O) groups excluding carboxylic acids is 3. The van der Waals surface area contributed by atoms with Gasteiger partial charge in [-0.15, -0.1) is 0 Å². The van der Waals surface area contributed by atoms with Crippen LogP contribution < -0.4 is 21.7 Å². The van der Waals surface area contributed by atoms with E-state index in [0.717, 1.165) is 6.92 Å². The first-order valence-electron chi connectivity index (χ1n) is 8.12. The van der Waals surface area contributed by atoms with Crippen molar-refractivity contribution in [3.63, 3.8) is 0 Å². The lowest BCUT2D eigenvalue weighted by atomic mass is 10.0. The quantitative estimate of drug-likeness (QED) is 0.191. The molecule has 0 fully saturated rings. The molecule has 0 rings (SSSR count). The van der Waals surface area contributed by atoms with Gasteiger partial charge in [-0.2, -0.15) is 0 Å². The number of carbonyl (C=O) groups is 5. The van der Waals surface area contributed by atoms with Crippen molar-refractivity contribution >= 4 is 29.7 Å². The van der Waals surface area contributed by atoms with Gasteiger partial charge in [0, 0.05) is 0 Å². The lowest BCUT2D eigenvalue weighted by molar-refractivity contribution is -0.145. The van der Waals surface area contributed by atoms with E-state index in [2.05, 4.69) is 10.6 Å². The molecule has 0 aliphatic rings. The third-order valence-corrected chi connectivity index (χ3v) is 3.52. The van der Waals surface area contributed by atoms with Crippen LogP contribution in [0.1, 0.15) is 27.2 Å². The Kier molecular flexibility index (Phi) is 9.96. The van der Waals surface area contributed by atoms with Crippen LogP contribution in [0.4, 0.5) is 0 Å². The number of carboxylic acid groups (broad SMARTS) is 2. The Morgan fingerprint density at radius 2 is 1.52 bits per heavy atom. The van der Waals surface area contributed by atoms with Crippen LogP contribution in [-0.4, -0.2) is 75.8 Å². The Morgan fingerprint density at radius 3 is 1.93 bits per heavy atom. The first-order chi connectivity index (χ1) is 12.4. The molecule has 0 bridgehead atoms. The molecule has 0 aliphatic heterocycles. The second kappa shape index (κ2) is 11.1. The zero-order valence-electron chi connectivity index (χ0n) is 15.3. The van der Waals surface area contributed by atoms with Crippen LogP contribution in [0.3, 0.4) is 0 Å². The van der Waals surface area contributed by atoms with E-state index in [0.29, 0.717) is 0 Å². The Hall–Kier alpha value is -2.73. The summed E-state index contributed by atoms with van der Waals surface area (Å²) in [6.07, 6.45) is -2.12. The first-order valence-corrected chi connectivity index (χ1v) is 8.12. The maximum Gasteiger partial charge on any atom is 0.328 e. The van der Waals surface area contributed by atoms with Crippen molar-refractivity contribution < 1.29 is 39.3 Å². The standard InChI is InChI=1S/C15H26N4O8/c1-6(2)11(16)14(25)18-8(4-10(22)23)13(24)17-5-9(21)19-12(7(3)20)15(26)27/h6-8,11-12,20H,4-5,16H2,1-3H3,(H,17,24)(H,18,25)(H,19,21)(H,22,23)(H,26,27). The average molecular weight is 390 g/mol. The Labute approximate surface area is 155 Å². The van der Waals surface area contributed by atoms with E-state index in [9.17, 15) is 29.1 Å². The number of nitrogens with one attached hydrogen (secondary N) is 3. The number of aliphatic hydroxyl groups excluding tert-OH is 1. The average Bonchev–Trinajstić information content (AvgIpc) is 2.54. The maximum absolute atomic E-state index is 12.1. The van der Waals surface area contributed by atoms with Crippen molar-refractivity contribution in [1.29, 1.82) is 0 Å². The molecule has 0 saturated heterocycles. The topological polar surface area (TPSA) is 208 Å². The Bertz CT molecular complexity index is 578. The van der Waals surface area contributed by atoms with E-state index in [1.54, 1.807) is 13.8 Å². The van der Waals surface area contributed by atoms with Crippen molar-refractivity contribution in [3.05, 3.63) is 0 Å². The zero-order valence-corrected chi connectivity index (χ0v) is 15.3. The molecule has 0 heterocycles. The van der Waals surface area contributed by atoms with Crippen molar-refractivity contribution in [3.8, 4) is 0 Å². The molecule has 0 saturated carbocycles. The molecule has 0 radical (unpaired) electrons. The molecule has 12 heteroatoms. The zero-order chi connectivity index (χ0) is 21.3. The van der Waals surface area contributed by atoms with Gasteiger partial charge in [0.05, 0.1) is 25.1 Å². The summed E-state index contributed by atoms with van der Waals surface area (Å²) in [5.41, 5.74) is 5.64. The van der Waals surface area contributed by atoms with Crippen molar-refractivity contribution in [2.24, 2.45) is 11.7 Å². The maximum atomic E-state index is 12.1. The van der Waals surface area contributed by atoms with Crippen LogP contribution in [0.25, 0.3) is 0 Å². The van der Waals surface area contributed by atoms with Gasteiger partial charge in [-0.25, -0.2) is 4.79 Å². The van der Waals surface area contributed by atoms with Crippen LogP contribution in [0, 0.1) is 5.92 Å². The monoisotopic (exact) mass is 390 g/mol. The van der Waals surface area contributed by atoms with Crippen LogP contribution in [0.2, 0.25) is 0 Å². The summed E-state index contributed by atoms with van der Waals surface area (Å²) in [7, 11) is 0. The van der Waals surface area contributed by atoms with Gasteiger partial charge in [-0.3, -0.25) is 19.2 Å². The third-order valence-electron chi connectivity index (χ3n) is 3.52. The number of rotatable bonds is 11. The van der Waals surface area contributed by atoms with E-state index in [1.165, 1.54) is 0 Å². The minimum Gasteiger partial charge on any atom is -0.481 e. The molecule has 0 aromatic rings. The summed E-state index contributed by atoms with van der Waals surface area (Å²) in [5, 5.41) is 33.3. The summed E-state index contributed by atoms with van der Waals surface area (Å²) in [6, 6.07) is -4.01. The molecular weight excluding hydrogens is 364 g/mol. The fraction of sp³-hybridized carbons (Fsp3) is 0.667. The molecule has 0 spiro atoms. The van der Waals surface area contributed by atoms with Crippen LogP contribution in [0.15, 0.2) is 0 Å². The van der Waals surface area contributed by atoms with E-state index in [1.807, 2.05) is 5.32 Å². The van der Waals surface area contributed by atoms with E-state index in [-0.39, 0.29) is 5.92 Å². The van der Waals surface area contributed by atoms with Crippen LogP contribution in [-0.2, 0) is 24.0 Å². The van der Waals surface area contributed by atoms with Gasteiger partial charge in [-0.05, 0) is 12.8 Å². The van der Waals surface area contributed by atoms with Gasteiger partial charge < -0.3 is 37.0 Å². The number of carboxylic acids is 2. The first kappa shape index (κ1) is 24.3. The van der Waals surface area contributed by atoms with E-state index in [4.69, 9.17) is 15.9 Å². The largest absolute Gasteiger partial charge is 0.481 e. The molecule has 12 nitrogen and oxygen atoms in total. The SMILES string of the molecule is CC(C)C(N)C(=O)NC(CC(=O)O)C(=O)NCC(=O)NC(C(=O)O)C(C)O. The van der Waals surface area contributed by atoms with Crippen LogP contribution in [0.5, 0.6) is 0 Å². The van der Waals surface area contributed by atoms with Gasteiger partial charge in [-0.1, -0.05) is 13.8 Å². The second-order valence-corrected chi connectivity index (χ2v) is 6.27. The minimum atomic E-state index is -1.58. The number of hydrogen-bond acceptors (Lipinski definition) is 7. The van der Waals surface area contributed by atoms with Gasteiger partial charge in [0.25, 0.3) is 0 Å². The minimum absolute atomic E-state index is 0.252. The highest BCUT2D eigenvalue weighted by molar-refractivity contribution is 5.94. The third kappa shape index (κ3) is 8.96. The summed E-state index contributed by atoms with van der Waals surface area (Å²) in [5.74, 6) is -5.69. The van der Waals surface area contributed by atoms with Gasteiger partial charge in [0.1, 0.15) is 6.04 Å². The smallest absolute Gasteiger partial charge is 0.328 e. The number of hydrogen-bond donors (Lipinski definition) is 7. The molecule has 0 aliphatic carbocycles. The lowest BCUT2D eigenvalue weighted by Crippen LogP contribution is -2.55. The second-order valence-electron chi connectivity index (χ2n) is 6.27. The lowest BCUT2D eigenvalue weighted by Gasteiger charge is -2.21.